The maximum absolute atomic E-state index is 12.3. The standard InChI is InChI=1S/C15H23N3O4/c19-11-15(3-1-2-4-15)16-14(20)13-9-12(22-17-13)10-18-5-7-21-8-6-18/h9,19H,1-8,10-11H2,(H,16,20). The van der Waals surface area contributed by atoms with E-state index in [-0.39, 0.29) is 18.2 Å². The quantitative estimate of drug-likeness (QED) is 0.825. The molecule has 0 radical (unpaired) electrons. The summed E-state index contributed by atoms with van der Waals surface area (Å²) in [6.45, 7) is 3.76. The van der Waals surface area contributed by atoms with E-state index < -0.39 is 5.54 Å². The van der Waals surface area contributed by atoms with Crippen LogP contribution in [0.15, 0.2) is 10.6 Å². The number of morpholine rings is 1. The maximum Gasteiger partial charge on any atom is 0.273 e. The van der Waals surface area contributed by atoms with Gasteiger partial charge in [0, 0.05) is 19.2 Å². The number of aromatic nitrogens is 1. The minimum Gasteiger partial charge on any atom is -0.394 e. The van der Waals surface area contributed by atoms with Crippen LogP contribution >= 0.6 is 0 Å². The Morgan fingerprint density at radius 1 is 1.36 bits per heavy atom. The Kier molecular flexibility index (Phi) is 4.75. The number of amides is 1. The first-order valence-corrected chi connectivity index (χ1v) is 7.90. The van der Waals surface area contributed by atoms with Gasteiger partial charge in [-0.05, 0) is 12.8 Å². The molecule has 2 heterocycles. The molecule has 122 valence electrons. The van der Waals surface area contributed by atoms with E-state index in [0.717, 1.165) is 52.0 Å². The minimum absolute atomic E-state index is 0.0305. The van der Waals surface area contributed by atoms with Crippen molar-refractivity contribution in [2.24, 2.45) is 0 Å². The van der Waals surface area contributed by atoms with Crippen molar-refractivity contribution in [3.8, 4) is 0 Å². The first-order chi connectivity index (χ1) is 10.7. The van der Waals surface area contributed by atoms with E-state index in [1.807, 2.05) is 0 Å². The highest BCUT2D eigenvalue weighted by Crippen LogP contribution is 2.29. The molecule has 1 aliphatic carbocycles. The van der Waals surface area contributed by atoms with Crippen LogP contribution in [0.4, 0.5) is 0 Å². The van der Waals surface area contributed by atoms with Gasteiger partial charge in [0.05, 0.1) is 31.9 Å². The van der Waals surface area contributed by atoms with Gasteiger partial charge in [-0.15, -0.1) is 0 Å². The lowest BCUT2D eigenvalue weighted by Gasteiger charge is -2.27. The third-order valence-corrected chi connectivity index (χ3v) is 4.52. The summed E-state index contributed by atoms with van der Waals surface area (Å²) in [5, 5.41) is 16.3. The topological polar surface area (TPSA) is 87.8 Å². The Morgan fingerprint density at radius 2 is 2.09 bits per heavy atom. The first-order valence-electron chi connectivity index (χ1n) is 7.90. The molecule has 1 aliphatic heterocycles. The van der Waals surface area contributed by atoms with Gasteiger partial charge in [0.2, 0.25) is 0 Å². The van der Waals surface area contributed by atoms with Gasteiger partial charge >= 0.3 is 0 Å². The normalized spacial score (nSPS) is 21.9. The van der Waals surface area contributed by atoms with Crippen LogP contribution in [0.2, 0.25) is 0 Å². The highest BCUT2D eigenvalue weighted by molar-refractivity contribution is 5.92. The number of rotatable bonds is 5. The molecule has 1 saturated heterocycles. The number of hydrogen-bond donors (Lipinski definition) is 2. The van der Waals surface area contributed by atoms with E-state index >= 15 is 0 Å². The summed E-state index contributed by atoms with van der Waals surface area (Å²) in [5.41, 5.74) is -0.205. The van der Waals surface area contributed by atoms with Crippen molar-refractivity contribution in [3.63, 3.8) is 0 Å². The smallest absolute Gasteiger partial charge is 0.273 e. The molecule has 0 atom stereocenters. The molecule has 0 aromatic carbocycles. The van der Waals surface area contributed by atoms with E-state index in [2.05, 4.69) is 15.4 Å². The largest absolute Gasteiger partial charge is 0.394 e. The third kappa shape index (κ3) is 3.48. The van der Waals surface area contributed by atoms with Crippen molar-refractivity contribution < 1.29 is 19.2 Å². The monoisotopic (exact) mass is 309 g/mol. The van der Waals surface area contributed by atoms with E-state index in [9.17, 15) is 9.90 Å². The average molecular weight is 309 g/mol. The number of ether oxygens (including phenoxy) is 1. The molecule has 7 nitrogen and oxygen atoms in total. The van der Waals surface area contributed by atoms with Gasteiger partial charge in [-0.2, -0.15) is 0 Å². The van der Waals surface area contributed by atoms with Crippen LogP contribution in [-0.4, -0.2) is 59.5 Å². The molecule has 7 heteroatoms. The van der Waals surface area contributed by atoms with Crippen molar-refractivity contribution in [2.75, 3.05) is 32.9 Å². The zero-order chi connectivity index (χ0) is 15.4. The van der Waals surface area contributed by atoms with Crippen LogP contribution in [0.5, 0.6) is 0 Å². The number of aliphatic hydroxyl groups is 1. The fourth-order valence-electron chi connectivity index (χ4n) is 3.15. The van der Waals surface area contributed by atoms with Crippen LogP contribution in [0.3, 0.4) is 0 Å². The van der Waals surface area contributed by atoms with E-state index in [1.54, 1.807) is 6.07 Å². The van der Waals surface area contributed by atoms with Crippen LogP contribution < -0.4 is 5.32 Å². The van der Waals surface area contributed by atoms with E-state index in [4.69, 9.17) is 9.26 Å². The molecule has 2 N–H and O–H groups in total. The first kappa shape index (κ1) is 15.5. The summed E-state index contributed by atoms with van der Waals surface area (Å²) in [5.74, 6) is 0.407. The number of nitrogens with one attached hydrogen (secondary N) is 1. The average Bonchev–Trinajstić information content (AvgIpc) is 3.18. The van der Waals surface area contributed by atoms with Gasteiger partial charge in [-0.3, -0.25) is 9.69 Å². The van der Waals surface area contributed by atoms with Crippen molar-refractivity contribution in [2.45, 2.75) is 37.8 Å². The van der Waals surface area contributed by atoms with Gasteiger partial charge in [-0.25, -0.2) is 0 Å². The molecule has 1 amide bonds. The highest BCUT2D eigenvalue weighted by Gasteiger charge is 2.35. The SMILES string of the molecule is O=C(NC1(CO)CCCC1)c1cc(CN2CCOCC2)on1. The Balaban J connectivity index is 1.59. The molecule has 2 aliphatic rings. The second-order valence-corrected chi connectivity index (χ2v) is 6.17. The molecule has 0 bridgehead atoms. The Bertz CT molecular complexity index is 505. The summed E-state index contributed by atoms with van der Waals surface area (Å²) in [6, 6.07) is 1.69. The zero-order valence-corrected chi connectivity index (χ0v) is 12.7. The summed E-state index contributed by atoms with van der Waals surface area (Å²) < 4.78 is 10.6. The molecule has 0 spiro atoms. The number of carbonyl (C=O) groups is 1. The number of hydrogen-bond acceptors (Lipinski definition) is 6. The molecular formula is C15H23N3O4. The Morgan fingerprint density at radius 3 is 2.77 bits per heavy atom. The van der Waals surface area contributed by atoms with Gasteiger partial charge in [0.1, 0.15) is 0 Å². The van der Waals surface area contributed by atoms with Gasteiger partial charge in [0.15, 0.2) is 11.5 Å². The lowest BCUT2D eigenvalue weighted by molar-refractivity contribution is 0.0305. The second kappa shape index (κ2) is 6.76. The predicted molar refractivity (Wildman–Crippen MR) is 78.4 cm³/mol. The number of carbonyl (C=O) groups excluding carboxylic acids is 1. The van der Waals surface area contributed by atoms with Crippen molar-refractivity contribution >= 4 is 5.91 Å². The predicted octanol–water partition coefficient (Wildman–Crippen LogP) is 0.542. The summed E-state index contributed by atoms with van der Waals surface area (Å²) in [7, 11) is 0. The Hall–Kier alpha value is -1.44. The number of aliphatic hydroxyl groups excluding tert-OH is 1. The second-order valence-electron chi connectivity index (χ2n) is 6.17. The van der Waals surface area contributed by atoms with Crippen LogP contribution in [0, 0.1) is 0 Å². The molecule has 1 aromatic heterocycles. The fourth-order valence-corrected chi connectivity index (χ4v) is 3.15. The van der Waals surface area contributed by atoms with E-state index in [1.165, 1.54) is 0 Å². The van der Waals surface area contributed by atoms with Crippen LogP contribution in [0.25, 0.3) is 0 Å². The van der Waals surface area contributed by atoms with Gasteiger partial charge in [-0.1, -0.05) is 18.0 Å². The van der Waals surface area contributed by atoms with Gasteiger partial charge in [0.25, 0.3) is 5.91 Å². The third-order valence-electron chi connectivity index (χ3n) is 4.52. The molecule has 0 unspecified atom stereocenters. The maximum atomic E-state index is 12.3. The molecule has 1 aromatic rings. The lowest BCUT2D eigenvalue weighted by Crippen LogP contribution is -2.49. The molecular weight excluding hydrogens is 286 g/mol. The summed E-state index contributed by atoms with van der Waals surface area (Å²) >= 11 is 0. The molecule has 2 fully saturated rings. The molecule has 22 heavy (non-hydrogen) atoms. The van der Waals surface area contributed by atoms with Crippen molar-refractivity contribution in [1.29, 1.82) is 0 Å². The number of nitrogens with zero attached hydrogens (tertiary/aromatic N) is 2. The van der Waals surface area contributed by atoms with Gasteiger partial charge < -0.3 is 19.7 Å². The van der Waals surface area contributed by atoms with E-state index in [0.29, 0.717) is 12.3 Å². The summed E-state index contributed by atoms with van der Waals surface area (Å²) in [4.78, 5) is 14.5. The Labute approximate surface area is 129 Å². The van der Waals surface area contributed by atoms with Crippen LogP contribution in [0.1, 0.15) is 41.9 Å². The fraction of sp³-hybridized carbons (Fsp3) is 0.733. The minimum atomic E-state index is -0.486. The molecule has 3 rings (SSSR count). The lowest BCUT2D eigenvalue weighted by atomic mass is 9.99. The van der Waals surface area contributed by atoms with Crippen LogP contribution in [-0.2, 0) is 11.3 Å². The zero-order valence-electron chi connectivity index (χ0n) is 12.7. The highest BCUT2D eigenvalue weighted by atomic mass is 16.5. The van der Waals surface area contributed by atoms with Crippen molar-refractivity contribution in [3.05, 3.63) is 17.5 Å². The molecule has 1 saturated carbocycles. The van der Waals surface area contributed by atoms with Crippen molar-refractivity contribution in [1.82, 2.24) is 15.4 Å². The summed E-state index contributed by atoms with van der Waals surface area (Å²) in [6.07, 6.45) is 3.69.